The summed E-state index contributed by atoms with van der Waals surface area (Å²) in [6, 6.07) is 0.316. The third-order valence-electron chi connectivity index (χ3n) is 3.45. The molecule has 1 aliphatic heterocycles. The SMILES string of the molecule is CC(C)(C)CC(C)(C)NC(=O)CN1CCC(N)CC1. The molecule has 3 N–H and O–H groups in total. The number of hydrogen-bond donors (Lipinski definition) is 2. The molecule has 4 heteroatoms. The van der Waals surface area contributed by atoms with Gasteiger partial charge in [-0.1, -0.05) is 20.8 Å². The molecule has 1 heterocycles. The molecular formula is C15H31N3O. The highest BCUT2D eigenvalue weighted by atomic mass is 16.2. The Morgan fingerprint density at radius 2 is 1.74 bits per heavy atom. The number of likely N-dealkylation sites (tertiary alicyclic amines) is 1. The summed E-state index contributed by atoms with van der Waals surface area (Å²) < 4.78 is 0. The van der Waals surface area contributed by atoms with E-state index in [2.05, 4.69) is 44.8 Å². The van der Waals surface area contributed by atoms with E-state index < -0.39 is 0 Å². The molecule has 0 saturated carbocycles. The van der Waals surface area contributed by atoms with Crippen LogP contribution in [0, 0.1) is 5.41 Å². The normalized spacial score (nSPS) is 19.5. The average molecular weight is 269 g/mol. The van der Waals surface area contributed by atoms with Crippen LogP contribution in [0.25, 0.3) is 0 Å². The molecule has 0 unspecified atom stereocenters. The molecule has 0 radical (unpaired) electrons. The van der Waals surface area contributed by atoms with Gasteiger partial charge in [-0.2, -0.15) is 0 Å². The minimum Gasteiger partial charge on any atom is -0.350 e. The van der Waals surface area contributed by atoms with Gasteiger partial charge in [-0.3, -0.25) is 9.69 Å². The van der Waals surface area contributed by atoms with Gasteiger partial charge in [0, 0.05) is 24.7 Å². The zero-order chi connectivity index (χ0) is 14.7. The molecule has 4 nitrogen and oxygen atoms in total. The molecule has 112 valence electrons. The average Bonchev–Trinajstić information content (AvgIpc) is 2.16. The van der Waals surface area contributed by atoms with E-state index in [1.807, 2.05) is 0 Å². The Labute approximate surface area is 118 Å². The highest BCUT2D eigenvalue weighted by Crippen LogP contribution is 2.26. The second-order valence-corrected chi connectivity index (χ2v) is 7.78. The number of carbonyl (C=O) groups excluding carboxylic acids is 1. The summed E-state index contributed by atoms with van der Waals surface area (Å²) in [5, 5.41) is 3.16. The first-order valence-corrected chi connectivity index (χ1v) is 7.36. The van der Waals surface area contributed by atoms with E-state index in [4.69, 9.17) is 5.73 Å². The van der Waals surface area contributed by atoms with Crippen LogP contribution in [-0.4, -0.2) is 42.0 Å². The molecular weight excluding hydrogens is 238 g/mol. The molecule has 0 aromatic carbocycles. The first-order chi connectivity index (χ1) is 8.57. The highest BCUT2D eigenvalue weighted by Gasteiger charge is 2.28. The minimum absolute atomic E-state index is 0.129. The monoisotopic (exact) mass is 269 g/mol. The van der Waals surface area contributed by atoms with Crippen LogP contribution in [0.3, 0.4) is 0 Å². The van der Waals surface area contributed by atoms with E-state index in [9.17, 15) is 4.79 Å². The van der Waals surface area contributed by atoms with E-state index in [1.165, 1.54) is 0 Å². The topological polar surface area (TPSA) is 58.4 Å². The van der Waals surface area contributed by atoms with Crippen LogP contribution in [0.15, 0.2) is 0 Å². The molecule has 1 saturated heterocycles. The van der Waals surface area contributed by atoms with Gasteiger partial charge in [-0.05, 0) is 38.5 Å². The van der Waals surface area contributed by atoms with Crippen molar-refractivity contribution in [3.8, 4) is 0 Å². The highest BCUT2D eigenvalue weighted by molar-refractivity contribution is 5.78. The summed E-state index contributed by atoms with van der Waals surface area (Å²) >= 11 is 0. The lowest BCUT2D eigenvalue weighted by molar-refractivity contribution is -0.124. The zero-order valence-electron chi connectivity index (χ0n) is 13.3. The number of nitrogens with two attached hydrogens (primary N) is 1. The third-order valence-corrected chi connectivity index (χ3v) is 3.45. The lowest BCUT2D eigenvalue weighted by atomic mass is 9.82. The lowest BCUT2D eigenvalue weighted by Gasteiger charge is -2.35. The van der Waals surface area contributed by atoms with Gasteiger partial charge < -0.3 is 11.1 Å². The van der Waals surface area contributed by atoms with Crippen molar-refractivity contribution in [1.29, 1.82) is 0 Å². The second-order valence-electron chi connectivity index (χ2n) is 7.78. The summed E-state index contributed by atoms with van der Waals surface area (Å²) in [6.45, 7) is 13.2. The first kappa shape index (κ1) is 16.4. The van der Waals surface area contributed by atoms with Crippen LogP contribution in [0.1, 0.15) is 53.9 Å². The number of rotatable bonds is 4. The Morgan fingerprint density at radius 1 is 1.21 bits per heavy atom. The summed E-state index contributed by atoms with van der Waals surface area (Å²) in [6.07, 6.45) is 2.97. The van der Waals surface area contributed by atoms with Crippen molar-refractivity contribution in [2.75, 3.05) is 19.6 Å². The number of piperidine rings is 1. The Kier molecular flexibility index (Phi) is 5.39. The number of hydrogen-bond acceptors (Lipinski definition) is 3. The molecule has 0 bridgehead atoms. The van der Waals surface area contributed by atoms with E-state index >= 15 is 0 Å². The predicted octanol–water partition coefficient (Wildman–Crippen LogP) is 1.74. The third kappa shape index (κ3) is 6.92. The molecule has 0 atom stereocenters. The zero-order valence-corrected chi connectivity index (χ0v) is 13.3. The van der Waals surface area contributed by atoms with Crippen LogP contribution in [-0.2, 0) is 4.79 Å². The molecule has 1 amide bonds. The molecule has 1 fully saturated rings. The smallest absolute Gasteiger partial charge is 0.234 e. The molecule has 1 rings (SSSR count). The van der Waals surface area contributed by atoms with Gasteiger partial charge in [0.2, 0.25) is 5.91 Å². The summed E-state index contributed by atoms with van der Waals surface area (Å²) in [5.41, 5.74) is 5.94. The first-order valence-electron chi connectivity index (χ1n) is 7.36. The Hall–Kier alpha value is -0.610. The van der Waals surface area contributed by atoms with Crippen molar-refractivity contribution in [2.24, 2.45) is 11.1 Å². The number of nitrogens with zero attached hydrogens (tertiary/aromatic N) is 1. The van der Waals surface area contributed by atoms with Crippen LogP contribution in [0.4, 0.5) is 0 Å². The van der Waals surface area contributed by atoms with Crippen molar-refractivity contribution in [2.45, 2.75) is 65.5 Å². The van der Waals surface area contributed by atoms with Crippen molar-refractivity contribution < 1.29 is 4.79 Å². The van der Waals surface area contributed by atoms with Gasteiger partial charge in [0.15, 0.2) is 0 Å². The van der Waals surface area contributed by atoms with Gasteiger partial charge in [0.1, 0.15) is 0 Å². The molecule has 0 aliphatic carbocycles. The van der Waals surface area contributed by atoms with Crippen LogP contribution >= 0.6 is 0 Å². The maximum absolute atomic E-state index is 12.1. The fraction of sp³-hybridized carbons (Fsp3) is 0.933. The quantitative estimate of drug-likeness (QED) is 0.817. The van der Waals surface area contributed by atoms with Crippen molar-refractivity contribution in [3.05, 3.63) is 0 Å². The molecule has 1 aliphatic rings. The summed E-state index contributed by atoms with van der Waals surface area (Å²) in [7, 11) is 0. The van der Waals surface area contributed by atoms with Crippen molar-refractivity contribution in [3.63, 3.8) is 0 Å². The number of amides is 1. The lowest BCUT2D eigenvalue weighted by Crippen LogP contribution is -2.51. The van der Waals surface area contributed by atoms with Gasteiger partial charge in [0.25, 0.3) is 0 Å². The van der Waals surface area contributed by atoms with Crippen LogP contribution in [0.5, 0.6) is 0 Å². The fourth-order valence-electron chi connectivity index (χ4n) is 3.10. The van der Waals surface area contributed by atoms with Crippen molar-refractivity contribution >= 4 is 5.91 Å². The fourth-order valence-corrected chi connectivity index (χ4v) is 3.10. The molecule has 19 heavy (non-hydrogen) atoms. The Bertz CT molecular complexity index is 299. The second kappa shape index (κ2) is 6.23. The van der Waals surface area contributed by atoms with Crippen LogP contribution in [0.2, 0.25) is 0 Å². The van der Waals surface area contributed by atoms with E-state index in [0.29, 0.717) is 12.6 Å². The van der Waals surface area contributed by atoms with Crippen molar-refractivity contribution in [1.82, 2.24) is 10.2 Å². The minimum atomic E-state index is -0.151. The summed E-state index contributed by atoms with van der Waals surface area (Å²) in [4.78, 5) is 14.3. The Balaban J connectivity index is 2.38. The van der Waals surface area contributed by atoms with Crippen LogP contribution < -0.4 is 11.1 Å². The maximum atomic E-state index is 12.1. The van der Waals surface area contributed by atoms with E-state index in [-0.39, 0.29) is 16.9 Å². The standard InChI is InChI=1S/C15H31N3O/c1-14(2,3)11-15(4,5)17-13(19)10-18-8-6-12(16)7-9-18/h12H,6-11,16H2,1-5H3,(H,17,19). The maximum Gasteiger partial charge on any atom is 0.234 e. The van der Waals surface area contributed by atoms with E-state index in [1.54, 1.807) is 0 Å². The predicted molar refractivity (Wildman–Crippen MR) is 79.9 cm³/mol. The van der Waals surface area contributed by atoms with E-state index in [0.717, 1.165) is 32.4 Å². The number of carbonyl (C=O) groups is 1. The largest absolute Gasteiger partial charge is 0.350 e. The van der Waals surface area contributed by atoms with Gasteiger partial charge in [-0.15, -0.1) is 0 Å². The summed E-state index contributed by atoms with van der Waals surface area (Å²) in [5.74, 6) is 0.129. The van der Waals surface area contributed by atoms with Gasteiger partial charge in [0.05, 0.1) is 6.54 Å². The number of nitrogens with one attached hydrogen (secondary N) is 1. The Morgan fingerprint density at radius 3 is 2.21 bits per heavy atom. The molecule has 0 aromatic heterocycles. The van der Waals surface area contributed by atoms with Gasteiger partial charge in [-0.25, -0.2) is 0 Å². The molecule has 0 spiro atoms. The van der Waals surface area contributed by atoms with Gasteiger partial charge >= 0.3 is 0 Å². The molecule has 0 aromatic rings.